The fraction of sp³-hybridized carbons (Fsp3) is 0.467. The Hall–Kier alpha value is -2.30. The Morgan fingerprint density at radius 2 is 2.18 bits per heavy atom. The van der Waals surface area contributed by atoms with Crippen LogP contribution in [-0.2, 0) is 12.0 Å². The van der Waals surface area contributed by atoms with Crippen LogP contribution >= 0.6 is 0 Å². The van der Waals surface area contributed by atoms with Gasteiger partial charge in [-0.15, -0.1) is 0 Å². The molecule has 0 saturated carbocycles. The van der Waals surface area contributed by atoms with Crippen LogP contribution in [0.25, 0.3) is 0 Å². The minimum atomic E-state index is -0.761. The quantitative estimate of drug-likeness (QED) is 0.761. The minimum Gasteiger partial charge on any atom is -0.458 e. The molecule has 1 spiro atoms. The molecular weight excluding hydrogens is 286 g/mol. The molecule has 7 nitrogen and oxygen atoms in total. The molecule has 0 bridgehead atoms. The van der Waals surface area contributed by atoms with Crippen LogP contribution in [0.5, 0.6) is 5.75 Å². The van der Waals surface area contributed by atoms with Crippen LogP contribution < -0.4 is 15.9 Å². The number of fused-ring (bicyclic) bond motifs is 2. The fourth-order valence-electron chi connectivity index (χ4n) is 3.17. The standard InChI is InChI=1S/C15H17N3O4/c1-18-4-2-15(3-5-18)10(7-16)14(17)22-12-11(20)6-9(8-19)21-13(12)15/h6,19H,2-5,8,17H2,1H3. The van der Waals surface area contributed by atoms with Gasteiger partial charge in [0.15, 0.2) is 5.76 Å². The first-order chi connectivity index (χ1) is 10.5. The Morgan fingerprint density at radius 3 is 2.77 bits per heavy atom. The molecule has 1 saturated heterocycles. The zero-order valence-corrected chi connectivity index (χ0v) is 12.3. The van der Waals surface area contributed by atoms with Crippen LogP contribution in [-0.4, -0.2) is 30.1 Å². The predicted octanol–water partition coefficient (Wildman–Crippen LogP) is 0.182. The van der Waals surface area contributed by atoms with Crippen molar-refractivity contribution >= 4 is 0 Å². The number of rotatable bonds is 1. The lowest BCUT2D eigenvalue weighted by molar-refractivity contribution is 0.159. The molecule has 0 aromatic carbocycles. The molecular formula is C15H17N3O4. The maximum atomic E-state index is 12.2. The molecule has 2 aliphatic heterocycles. The fourth-order valence-corrected chi connectivity index (χ4v) is 3.17. The summed E-state index contributed by atoms with van der Waals surface area (Å²) in [5.74, 6) is 0.452. The van der Waals surface area contributed by atoms with Crippen molar-refractivity contribution < 1.29 is 14.3 Å². The monoisotopic (exact) mass is 303 g/mol. The van der Waals surface area contributed by atoms with E-state index in [1.807, 2.05) is 7.05 Å². The van der Waals surface area contributed by atoms with Crippen LogP contribution in [0, 0.1) is 11.3 Å². The Bertz CT molecular complexity index is 736. The zero-order valence-electron chi connectivity index (χ0n) is 12.3. The highest BCUT2D eigenvalue weighted by Gasteiger charge is 2.49. The van der Waals surface area contributed by atoms with Crippen molar-refractivity contribution in [3.05, 3.63) is 39.3 Å². The molecule has 3 rings (SSSR count). The van der Waals surface area contributed by atoms with Gasteiger partial charge in [-0.05, 0) is 33.0 Å². The molecule has 22 heavy (non-hydrogen) atoms. The highest BCUT2D eigenvalue weighted by atomic mass is 16.5. The van der Waals surface area contributed by atoms with E-state index in [0.717, 1.165) is 13.1 Å². The van der Waals surface area contributed by atoms with Gasteiger partial charge in [-0.25, -0.2) is 0 Å². The van der Waals surface area contributed by atoms with Crippen LogP contribution in [0.3, 0.4) is 0 Å². The highest BCUT2D eigenvalue weighted by molar-refractivity contribution is 5.51. The van der Waals surface area contributed by atoms with Gasteiger partial charge < -0.3 is 24.9 Å². The number of piperidine rings is 1. The van der Waals surface area contributed by atoms with E-state index in [2.05, 4.69) is 11.0 Å². The SMILES string of the molecule is CN1CCC2(CC1)C(C#N)=C(N)Oc1c2oc(CO)cc1=O. The van der Waals surface area contributed by atoms with Gasteiger partial charge >= 0.3 is 0 Å². The van der Waals surface area contributed by atoms with E-state index in [1.165, 1.54) is 6.07 Å². The molecule has 0 atom stereocenters. The van der Waals surface area contributed by atoms with Crippen molar-refractivity contribution in [2.45, 2.75) is 24.9 Å². The van der Waals surface area contributed by atoms with Gasteiger partial charge in [-0.2, -0.15) is 5.26 Å². The number of ether oxygens (including phenoxy) is 1. The molecule has 0 aliphatic carbocycles. The van der Waals surface area contributed by atoms with E-state index in [0.29, 0.717) is 24.2 Å². The summed E-state index contributed by atoms with van der Waals surface area (Å²) in [5, 5.41) is 18.8. The van der Waals surface area contributed by atoms with Gasteiger partial charge in [0.25, 0.3) is 0 Å². The summed E-state index contributed by atoms with van der Waals surface area (Å²) in [7, 11) is 1.99. The lowest BCUT2D eigenvalue weighted by Gasteiger charge is -2.41. The van der Waals surface area contributed by atoms with E-state index in [1.54, 1.807) is 0 Å². The lowest BCUT2D eigenvalue weighted by atomic mass is 9.69. The zero-order chi connectivity index (χ0) is 15.9. The number of aliphatic hydroxyl groups excluding tert-OH is 1. The number of allylic oxidation sites excluding steroid dienone is 1. The Labute approximate surface area is 127 Å². The smallest absolute Gasteiger partial charge is 0.228 e. The average molecular weight is 303 g/mol. The van der Waals surface area contributed by atoms with Crippen LogP contribution in [0.2, 0.25) is 0 Å². The number of nitrogens with two attached hydrogens (primary N) is 1. The summed E-state index contributed by atoms with van der Waals surface area (Å²) in [4.78, 5) is 14.3. The summed E-state index contributed by atoms with van der Waals surface area (Å²) in [6.45, 7) is 1.09. The molecule has 1 aromatic heterocycles. The lowest BCUT2D eigenvalue weighted by Crippen LogP contribution is -2.45. The van der Waals surface area contributed by atoms with Crippen LogP contribution in [0.15, 0.2) is 26.7 Å². The largest absolute Gasteiger partial charge is 0.458 e. The van der Waals surface area contributed by atoms with Gasteiger partial charge in [0.1, 0.15) is 24.0 Å². The first-order valence-corrected chi connectivity index (χ1v) is 7.07. The first kappa shape index (κ1) is 14.6. The van der Waals surface area contributed by atoms with E-state index < -0.39 is 10.8 Å². The van der Waals surface area contributed by atoms with Crippen molar-refractivity contribution in [3.8, 4) is 11.8 Å². The topological polar surface area (TPSA) is 113 Å². The number of aliphatic hydroxyl groups is 1. The third kappa shape index (κ3) is 2.00. The summed E-state index contributed by atoms with van der Waals surface area (Å²) in [6, 6.07) is 3.30. The van der Waals surface area contributed by atoms with Crippen molar-refractivity contribution in [1.29, 1.82) is 5.26 Å². The second kappa shape index (κ2) is 5.16. The number of hydrogen-bond acceptors (Lipinski definition) is 7. The molecule has 3 N–H and O–H groups in total. The maximum Gasteiger partial charge on any atom is 0.228 e. The summed E-state index contributed by atoms with van der Waals surface area (Å²) in [5.41, 5.74) is 5.01. The molecule has 0 radical (unpaired) electrons. The normalized spacial score (nSPS) is 20.4. The second-order valence-electron chi connectivity index (χ2n) is 5.73. The molecule has 2 aliphatic rings. The van der Waals surface area contributed by atoms with Gasteiger partial charge in [0, 0.05) is 6.07 Å². The van der Waals surface area contributed by atoms with Gasteiger partial charge in [0.2, 0.25) is 17.1 Å². The minimum absolute atomic E-state index is 0.0262. The number of likely N-dealkylation sites (tertiary alicyclic amines) is 1. The molecule has 7 heteroatoms. The predicted molar refractivity (Wildman–Crippen MR) is 76.8 cm³/mol. The number of nitriles is 1. The Balaban J connectivity index is 2.25. The van der Waals surface area contributed by atoms with E-state index in [-0.39, 0.29) is 24.0 Å². The molecule has 0 unspecified atom stereocenters. The first-order valence-electron chi connectivity index (χ1n) is 7.07. The molecule has 3 heterocycles. The van der Waals surface area contributed by atoms with Gasteiger partial charge in [0.05, 0.1) is 5.41 Å². The van der Waals surface area contributed by atoms with Crippen LogP contribution in [0.1, 0.15) is 24.4 Å². The van der Waals surface area contributed by atoms with Crippen molar-refractivity contribution in [3.63, 3.8) is 0 Å². The van der Waals surface area contributed by atoms with E-state index >= 15 is 0 Å². The summed E-state index contributed by atoms with van der Waals surface area (Å²) < 4.78 is 11.1. The Kier molecular flexibility index (Phi) is 3.43. The molecule has 1 fully saturated rings. The van der Waals surface area contributed by atoms with Crippen molar-refractivity contribution in [2.75, 3.05) is 20.1 Å². The number of nitrogens with zero attached hydrogens (tertiary/aromatic N) is 2. The molecule has 116 valence electrons. The Morgan fingerprint density at radius 1 is 1.50 bits per heavy atom. The van der Waals surface area contributed by atoms with Crippen LogP contribution in [0.4, 0.5) is 0 Å². The average Bonchev–Trinajstić information content (AvgIpc) is 2.51. The highest BCUT2D eigenvalue weighted by Crippen LogP contribution is 2.48. The van der Waals surface area contributed by atoms with Crippen molar-refractivity contribution in [1.82, 2.24) is 4.90 Å². The third-order valence-corrected chi connectivity index (χ3v) is 4.44. The van der Waals surface area contributed by atoms with E-state index in [4.69, 9.17) is 14.9 Å². The van der Waals surface area contributed by atoms with E-state index in [9.17, 15) is 15.2 Å². The van der Waals surface area contributed by atoms with Crippen molar-refractivity contribution in [2.24, 2.45) is 5.73 Å². The maximum absolute atomic E-state index is 12.2. The molecule has 0 amide bonds. The third-order valence-electron chi connectivity index (χ3n) is 4.44. The second-order valence-corrected chi connectivity index (χ2v) is 5.73. The summed E-state index contributed by atoms with van der Waals surface area (Å²) in [6.07, 6.45) is 1.20. The summed E-state index contributed by atoms with van der Waals surface area (Å²) >= 11 is 0. The van der Waals surface area contributed by atoms with Gasteiger partial charge in [-0.3, -0.25) is 4.79 Å². The van der Waals surface area contributed by atoms with Gasteiger partial charge in [-0.1, -0.05) is 0 Å². The number of hydrogen-bond donors (Lipinski definition) is 2. The molecule has 1 aromatic rings.